The van der Waals surface area contributed by atoms with Crippen molar-refractivity contribution in [1.29, 1.82) is 0 Å². The highest BCUT2D eigenvalue weighted by Crippen LogP contribution is 2.51. The normalized spacial score (nSPS) is 23.8. The second-order valence-electron chi connectivity index (χ2n) is 11.5. The van der Waals surface area contributed by atoms with Gasteiger partial charge in [0.2, 0.25) is 0 Å². The van der Waals surface area contributed by atoms with Gasteiger partial charge in [0.25, 0.3) is 0 Å². The predicted octanol–water partition coefficient (Wildman–Crippen LogP) is 4.96. The molecule has 8 nitrogen and oxygen atoms in total. The molecule has 2 heterocycles. The van der Waals surface area contributed by atoms with E-state index in [1.54, 1.807) is 19.1 Å². The van der Waals surface area contributed by atoms with E-state index >= 15 is 4.39 Å². The highest BCUT2D eigenvalue weighted by atomic mass is 32.1. The Morgan fingerprint density at radius 1 is 1.15 bits per heavy atom. The molecule has 1 aliphatic carbocycles. The second kappa shape index (κ2) is 10.6. The van der Waals surface area contributed by atoms with Crippen LogP contribution in [0, 0.1) is 17.7 Å². The van der Waals surface area contributed by atoms with Crippen molar-refractivity contribution in [3.8, 4) is 0 Å². The minimum absolute atomic E-state index is 0.0551. The van der Waals surface area contributed by atoms with Crippen molar-refractivity contribution in [3.63, 3.8) is 0 Å². The molecule has 1 saturated carbocycles. The average molecular weight is 555 g/mol. The number of thiocarbonyl (C=S) groups is 1. The van der Waals surface area contributed by atoms with Crippen molar-refractivity contribution < 1.29 is 23.5 Å². The van der Waals surface area contributed by atoms with Crippen molar-refractivity contribution in [1.82, 2.24) is 10.2 Å². The third kappa shape index (κ3) is 6.11. The molecule has 39 heavy (non-hydrogen) atoms. The number of hydrogen-bond donors (Lipinski definition) is 1. The minimum atomic E-state index is -0.589. The molecule has 2 aliphatic heterocycles. The number of cyclic esters (lactones) is 1. The lowest BCUT2D eigenvalue weighted by molar-refractivity contribution is 0.0195. The first-order valence-electron chi connectivity index (χ1n) is 13.3. The molecule has 3 fully saturated rings. The van der Waals surface area contributed by atoms with Gasteiger partial charge >= 0.3 is 12.2 Å². The molecule has 2 aromatic carbocycles. The van der Waals surface area contributed by atoms with E-state index in [1.165, 1.54) is 11.0 Å². The van der Waals surface area contributed by atoms with Gasteiger partial charge in [-0.3, -0.25) is 4.90 Å². The molecular formula is C29H35FN4O4S. The summed E-state index contributed by atoms with van der Waals surface area (Å²) in [5.41, 5.74) is 1.42. The van der Waals surface area contributed by atoms with Crippen LogP contribution in [0.15, 0.2) is 48.5 Å². The van der Waals surface area contributed by atoms with Crippen molar-refractivity contribution in [3.05, 3.63) is 59.9 Å². The molecule has 0 bridgehead atoms. The molecule has 1 N–H and O–H groups in total. The first kappa shape index (κ1) is 27.2. The lowest BCUT2D eigenvalue weighted by atomic mass is 10.2. The van der Waals surface area contributed by atoms with Gasteiger partial charge in [0.1, 0.15) is 17.5 Å². The standard InChI is InChI=1S/C29H35FN4O4S/c1-18(39)31-13-21-15-33(27(35)37-21)20-10-11-25(24(30)12-20)32-16-22-23(17-32)26(22)34(28(36)38-29(2,3)4)14-19-8-6-5-7-9-19/h5-12,21-23,26H,13-17H2,1-4H3,(H,31,39)/t21-,22-,23+,26?/m0/s1. The van der Waals surface area contributed by atoms with Gasteiger partial charge < -0.3 is 24.6 Å². The number of hydrogen-bond acceptors (Lipinski definition) is 6. The van der Waals surface area contributed by atoms with E-state index in [0.29, 0.717) is 49.1 Å². The van der Waals surface area contributed by atoms with Crippen LogP contribution in [0.4, 0.5) is 25.4 Å². The smallest absolute Gasteiger partial charge is 0.414 e. The zero-order valence-electron chi connectivity index (χ0n) is 22.7. The van der Waals surface area contributed by atoms with Crippen LogP contribution in [0.3, 0.4) is 0 Å². The van der Waals surface area contributed by atoms with Crippen molar-refractivity contribution in [2.24, 2.45) is 11.8 Å². The van der Waals surface area contributed by atoms with E-state index in [2.05, 4.69) is 5.32 Å². The zero-order valence-corrected chi connectivity index (χ0v) is 23.5. The first-order valence-corrected chi connectivity index (χ1v) is 13.7. The fourth-order valence-corrected chi connectivity index (χ4v) is 5.65. The Labute approximate surface area is 234 Å². The molecule has 2 amide bonds. The molecule has 4 atom stereocenters. The Morgan fingerprint density at radius 2 is 1.85 bits per heavy atom. The van der Waals surface area contributed by atoms with Gasteiger partial charge in [-0.05, 0) is 51.5 Å². The van der Waals surface area contributed by atoms with E-state index in [-0.39, 0.29) is 35.9 Å². The van der Waals surface area contributed by atoms with Crippen molar-refractivity contribution >= 4 is 40.8 Å². The van der Waals surface area contributed by atoms with Crippen LogP contribution < -0.4 is 15.1 Å². The quantitative estimate of drug-likeness (QED) is 0.485. The second-order valence-corrected chi connectivity index (χ2v) is 12.1. The van der Waals surface area contributed by atoms with Gasteiger partial charge in [-0.15, -0.1) is 0 Å². The largest absolute Gasteiger partial charge is 0.444 e. The molecule has 5 rings (SSSR count). The Hall–Kier alpha value is -3.40. The highest BCUT2D eigenvalue weighted by molar-refractivity contribution is 7.80. The van der Waals surface area contributed by atoms with Crippen LogP contribution in [-0.2, 0) is 16.0 Å². The van der Waals surface area contributed by atoms with Gasteiger partial charge in [0.15, 0.2) is 0 Å². The van der Waals surface area contributed by atoms with E-state index < -0.39 is 11.7 Å². The molecule has 0 aromatic heterocycles. The summed E-state index contributed by atoms with van der Waals surface area (Å²) in [6.07, 6.45) is -1.17. The number of piperidine rings is 1. The van der Waals surface area contributed by atoms with Crippen LogP contribution in [0.1, 0.15) is 33.3 Å². The zero-order chi connectivity index (χ0) is 27.9. The van der Waals surface area contributed by atoms with Crippen LogP contribution in [-0.4, -0.2) is 66.0 Å². The SMILES string of the molecule is CC(=S)NC[C@H]1CN(c2ccc(N3C[C@@H]4C(N(Cc5ccccc5)C(=O)OC(C)(C)C)[C@@H]4C3)c(F)c2)C(=O)O1. The summed E-state index contributed by atoms with van der Waals surface area (Å²) in [7, 11) is 0. The summed E-state index contributed by atoms with van der Waals surface area (Å²) in [6, 6.07) is 14.8. The summed E-state index contributed by atoms with van der Waals surface area (Å²) in [5.74, 6) is 0.0984. The van der Waals surface area contributed by atoms with E-state index in [0.717, 1.165) is 5.56 Å². The van der Waals surface area contributed by atoms with E-state index in [1.807, 2.05) is 60.9 Å². The summed E-state index contributed by atoms with van der Waals surface area (Å²) < 4.78 is 26.4. The average Bonchev–Trinajstić information content (AvgIpc) is 3.17. The van der Waals surface area contributed by atoms with Gasteiger partial charge in [-0.25, -0.2) is 14.0 Å². The number of fused-ring (bicyclic) bond motifs is 1. The van der Waals surface area contributed by atoms with Crippen LogP contribution >= 0.6 is 12.2 Å². The fourth-order valence-electron chi connectivity index (χ4n) is 5.56. The monoisotopic (exact) mass is 554 g/mol. The van der Waals surface area contributed by atoms with Gasteiger partial charge in [-0.2, -0.15) is 0 Å². The number of benzene rings is 2. The molecule has 2 aromatic rings. The van der Waals surface area contributed by atoms with Crippen molar-refractivity contribution in [2.45, 2.75) is 52.0 Å². The number of rotatable bonds is 7. The minimum Gasteiger partial charge on any atom is -0.444 e. The van der Waals surface area contributed by atoms with E-state index in [9.17, 15) is 9.59 Å². The highest BCUT2D eigenvalue weighted by Gasteiger charge is 2.60. The van der Waals surface area contributed by atoms with Gasteiger partial charge in [0.05, 0.1) is 29.5 Å². The topological polar surface area (TPSA) is 74.4 Å². The Kier molecular flexibility index (Phi) is 7.41. The number of nitrogens with one attached hydrogen (secondary N) is 1. The van der Waals surface area contributed by atoms with Gasteiger partial charge in [-0.1, -0.05) is 42.5 Å². The molecule has 0 radical (unpaired) electrons. The summed E-state index contributed by atoms with van der Waals surface area (Å²) in [6.45, 7) is 9.88. The lowest BCUT2D eigenvalue weighted by Gasteiger charge is -2.31. The molecule has 208 valence electrons. The molecule has 1 unspecified atom stereocenters. The van der Waals surface area contributed by atoms with Crippen LogP contribution in [0.25, 0.3) is 0 Å². The molecule has 0 spiro atoms. The summed E-state index contributed by atoms with van der Waals surface area (Å²) in [5, 5.41) is 3.00. The number of halogens is 1. The molecular weight excluding hydrogens is 519 g/mol. The fraction of sp³-hybridized carbons (Fsp3) is 0.483. The van der Waals surface area contributed by atoms with E-state index in [4.69, 9.17) is 21.7 Å². The maximum atomic E-state index is 15.3. The Balaban J connectivity index is 1.24. The number of carbonyl (C=O) groups excluding carboxylic acids is 2. The number of nitrogens with zero attached hydrogens (tertiary/aromatic N) is 3. The lowest BCUT2D eigenvalue weighted by Crippen LogP contribution is -2.41. The molecule has 10 heteroatoms. The third-order valence-corrected chi connectivity index (χ3v) is 7.51. The summed E-state index contributed by atoms with van der Waals surface area (Å²) >= 11 is 5.02. The molecule has 3 aliphatic rings. The Bertz CT molecular complexity index is 1240. The number of amides is 2. The maximum Gasteiger partial charge on any atom is 0.414 e. The molecule has 2 saturated heterocycles. The van der Waals surface area contributed by atoms with Crippen LogP contribution in [0.2, 0.25) is 0 Å². The predicted molar refractivity (Wildman–Crippen MR) is 151 cm³/mol. The maximum absolute atomic E-state index is 15.3. The number of carbonyl (C=O) groups is 2. The van der Waals surface area contributed by atoms with Crippen LogP contribution in [0.5, 0.6) is 0 Å². The Morgan fingerprint density at radius 3 is 2.46 bits per heavy atom. The van der Waals surface area contributed by atoms with Crippen molar-refractivity contribution in [2.75, 3.05) is 36.0 Å². The third-order valence-electron chi connectivity index (χ3n) is 7.37. The summed E-state index contributed by atoms with van der Waals surface area (Å²) in [4.78, 5) is 31.4. The number of ether oxygens (including phenoxy) is 2. The number of anilines is 2. The van der Waals surface area contributed by atoms with Gasteiger partial charge in [0, 0.05) is 37.5 Å². The first-order chi connectivity index (χ1) is 18.5.